The number of rotatable bonds is 4. The first-order valence-electron chi connectivity index (χ1n) is 19.0. The summed E-state index contributed by atoms with van der Waals surface area (Å²) in [6.07, 6.45) is -0.627. The van der Waals surface area contributed by atoms with Gasteiger partial charge < -0.3 is 9.73 Å². The fourth-order valence-electron chi connectivity index (χ4n) is 8.73. The molecule has 56 heavy (non-hydrogen) atoms. The average Bonchev–Trinajstić information content (AvgIpc) is 3.85. The van der Waals surface area contributed by atoms with E-state index in [4.69, 9.17) is 14.4 Å². The lowest BCUT2D eigenvalue weighted by Gasteiger charge is -2.32. The Hall–Kier alpha value is -6.86. The Kier molecular flexibility index (Phi) is 6.93. The van der Waals surface area contributed by atoms with Crippen molar-refractivity contribution in [1.82, 2.24) is 15.6 Å². The molecule has 12 rings (SSSR count). The van der Waals surface area contributed by atoms with Gasteiger partial charge >= 0.3 is 0 Å². The number of benzene rings is 8. The zero-order chi connectivity index (χ0) is 36.7. The third-order valence-corrected chi connectivity index (χ3v) is 12.5. The molecule has 4 heterocycles. The molecule has 3 aromatic heterocycles. The van der Waals surface area contributed by atoms with Crippen LogP contribution in [0.3, 0.4) is 0 Å². The fourth-order valence-corrected chi connectivity index (χ4v) is 9.86. The van der Waals surface area contributed by atoms with Crippen molar-refractivity contribution in [1.29, 1.82) is 0 Å². The summed E-state index contributed by atoms with van der Waals surface area (Å²) in [5.74, 6) is 0.851. The SMILES string of the molecule is c1ccc(-c2nc3ccccc3c3c2ccc2c4cccc(C5NC(c6cccc7sc8ccccc8c67)=NC(c6ccc7ccccc7c6)N5)c4oc23)cc1. The molecular formula is C50H32N4OS. The molecule has 264 valence electrons. The van der Waals surface area contributed by atoms with Crippen molar-refractivity contribution < 1.29 is 4.42 Å². The van der Waals surface area contributed by atoms with Crippen molar-refractivity contribution in [2.45, 2.75) is 12.3 Å². The summed E-state index contributed by atoms with van der Waals surface area (Å²) in [4.78, 5) is 10.6. The number of hydrogen-bond acceptors (Lipinski definition) is 6. The highest BCUT2D eigenvalue weighted by Crippen LogP contribution is 2.43. The van der Waals surface area contributed by atoms with E-state index in [0.717, 1.165) is 77.4 Å². The minimum atomic E-state index is -0.315. The van der Waals surface area contributed by atoms with Crippen molar-refractivity contribution >= 4 is 91.7 Å². The molecule has 0 fully saturated rings. The van der Waals surface area contributed by atoms with Crippen molar-refractivity contribution in [2.24, 2.45) is 4.99 Å². The Bertz CT molecular complexity index is 3400. The molecule has 1 aliphatic heterocycles. The average molecular weight is 737 g/mol. The number of aromatic nitrogens is 1. The number of nitrogens with zero attached hydrogens (tertiary/aromatic N) is 2. The van der Waals surface area contributed by atoms with E-state index in [-0.39, 0.29) is 12.3 Å². The van der Waals surface area contributed by atoms with Gasteiger partial charge in [0.1, 0.15) is 29.3 Å². The topological polar surface area (TPSA) is 62.5 Å². The number of pyridine rings is 1. The lowest BCUT2D eigenvalue weighted by molar-refractivity contribution is 0.408. The van der Waals surface area contributed by atoms with Gasteiger partial charge in [-0.1, -0.05) is 140 Å². The second kappa shape index (κ2) is 12.3. The van der Waals surface area contributed by atoms with Crippen molar-refractivity contribution in [3.8, 4) is 11.3 Å². The molecule has 1 aliphatic rings. The number of nitrogens with one attached hydrogen (secondary N) is 2. The predicted octanol–water partition coefficient (Wildman–Crippen LogP) is 12.8. The van der Waals surface area contributed by atoms with Crippen LogP contribution in [0.15, 0.2) is 179 Å². The number of aliphatic imine (C=N–C) groups is 1. The van der Waals surface area contributed by atoms with Gasteiger partial charge in [0, 0.05) is 63.8 Å². The number of thiophene rings is 1. The monoisotopic (exact) mass is 736 g/mol. The first-order valence-corrected chi connectivity index (χ1v) is 19.8. The highest BCUT2D eigenvalue weighted by molar-refractivity contribution is 7.25. The van der Waals surface area contributed by atoms with Crippen LogP contribution in [0, 0.1) is 0 Å². The molecule has 11 aromatic rings. The first kappa shape index (κ1) is 31.5. The van der Waals surface area contributed by atoms with E-state index in [9.17, 15) is 0 Å². The van der Waals surface area contributed by atoms with Crippen LogP contribution in [-0.4, -0.2) is 10.8 Å². The van der Waals surface area contributed by atoms with Crippen molar-refractivity contribution in [3.05, 3.63) is 187 Å². The molecule has 0 saturated heterocycles. The van der Waals surface area contributed by atoms with Gasteiger partial charge in [0.2, 0.25) is 0 Å². The quantitative estimate of drug-likeness (QED) is 0.177. The molecule has 0 amide bonds. The summed E-state index contributed by atoms with van der Waals surface area (Å²) < 4.78 is 9.67. The molecule has 0 saturated carbocycles. The van der Waals surface area contributed by atoms with Gasteiger partial charge in [0.05, 0.1) is 11.2 Å². The Morgan fingerprint density at radius 3 is 2.20 bits per heavy atom. The Labute approximate surface area is 325 Å². The summed E-state index contributed by atoms with van der Waals surface area (Å²) in [6, 6.07) is 60.1. The van der Waals surface area contributed by atoms with Crippen LogP contribution in [0.1, 0.15) is 29.0 Å². The predicted molar refractivity (Wildman–Crippen MR) is 234 cm³/mol. The maximum absolute atomic E-state index is 7.16. The van der Waals surface area contributed by atoms with Gasteiger partial charge in [-0.25, -0.2) is 9.98 Å². The minimum Gasteiger partial charge on any atom is -0.455 e. The fraction of sp³-hybridized carbons (Fsp3) is 0.0400. The van der Waals surface area contributed by atoms with Gasteiger partial charge in [-0.3, -0.25) is 5.32 Å². The molecule has 5 nitrogen and oxygen atoms in total. The standard InChI is InChI=1S/C50H32N4OS/c1-2-13-30(14-3-1)45-37-27-26-34-33-18-10-20-39(46(33)55-47(34)44(37)35-16-6-8-21-40(35)51-45)50-53-48(32-25-24-29-12-4-5-15-31(29)28-32)52-49(54-50)38-19-11-23-42-43(38)36-17-7-9-22-41(36)56-42/h1-28,48,50,53H,(H,52,54). The maximum Gasteiger partial charge on any atom is 0.144 e. The molecular weight excluding hydrogens is 705 g/mol. The summed E-state index contributed by atoms with van der Waals surface area (Å²) in [5, 5.41) is 18.0. The normalized spacial score (nSPS) is 16.0. The first-order chi connectivity index (χ1) is 27.7. The van der Waals surface area contributed by atoms with Crippen molar-refractivity contribution in [2.75, 3.05) is 0 Å². The number of hydrogen-bond donors (Lipinski definition) is 2. The van der Waals surface area contributed by atoms with Crippen LogP contribution >= 0.6 is 11.3 Å². The smallest absolute Gasteiger partial charge is 0.144 e. The third kappa shape index (κ3) is 4.83. The van der Waals surface area contributed by atoms with E-state index in [1.165, 1.54) is 30.9 Å². The van der Waals surface area contributed by atoms with Crippen LogP contribution in [0.4, 0.5) is 0 Å². The Morgan fingerprint density at radius 2 is 1.27 bits per heavy atom. The van der Waals surface area contributed by atoms with Gasteiger partial charge in [-0.15, -0.1) is 11.3 Å². The molecule has 2 N–H and O–H groups in total. The van der Waals surface area contributed by atoms with Gasteiger partial charge in [-0.2, -0.15) is 0 Å². The summed E-state index contributed by atoms with van der Waals surface area (Å²) in [6.45, 7) is 0. The highest BCUT2D eigenvalue weighted by atomic mass is 32.1. The molecule has 2 atom stereocenters. The summed E-state index contributed by atoms with van der Waals surface area (Å²) in [5.41, 5.74) is 7.90. The van der Waals surface area contributed by atoms with Crippen LogP contribution in [0.2, 0.25) is 0 Å². The van der Waals surface area contributed by atoms with E-state index in [1.54, 1.807) is 0 Å². The molecule has 0 spiro atoms. The molecule has 8 aromatic carbocycles. The molecule has 2 unspecified atom stereocenters. The van der Waals surface area contributed by atoms with Gasteiger partial charge in [0.15, 0.2) is 0 Å². The second-order valence-corrected chi connectivity index (χ2v) is 15.6. The molecule has 0 bridgehead atoms. The maximum atomic E-state index is 7.16. The van der Waals surface area contributed by atoms with E-state index >= 15 is 0 Å². The van der Waals surface area contributed by atoms with E-state index in [2.05, 4.69) is 174 Å². The summed E-state index contributed by atoms with van der Waals surface area (Å²) in [7, 11) is 0. The molecule has 0 radical (unpaired) electrons. The van der Waals surface area contributed by atoms with Crippen LogP contribution in [-0.2, 0) is 0 Å². The van der Waals surface area contributed by atoms with E-state index in [1.807, 2.05) is 17.4 Å². The van der Waals surface area contributed by atoms with E-state index in [0.29, 0.717) is 0 Å². The number of amidine groups is 1. The summed E-state index contributed by atoms with van der Waals surface area (Å²) >= 11 is 1.82. The Balaban J connectivity index is 1.08. The molecule has 6 heteroatoms. The number of para-hydroxylation sites is 2. The number of furan rings is 1. The van der Waals surface area contributed by atoms with E-state index < -0.39 is 0 Å². The molecule has 0 aliphatic carbocycles. The van der Waals surface area contributed by atoms with Crippen LogP contribution in [0.25, 0.3) is 85.8 Å². The van der Waals surface area contributed by atoms with Gasteiger partial charge in [0.25, 0.3) is 0 Å². The lowest BCUT2D eigenvalue weighted by atomic mass is 9.97. The van der Waals surface area contributed by atoms with Gasteiger partial charge in [-0.05, 0) is 46.7 Å². The zero-order valence-corrected chi connectivity index (χ0v) is 30.8. The lowest BCUT2D eigenvalue weighted by Crippen LogP contribution is -2.45. The Morgan fingerprint density at radius 1 is 0.536 bits per heavy atom. The highest BCUT2D eigenvalue weighted by Gasteiger charge is 2.30. The number of fused-ring (bicyclic) bond motifs is 11. The van der Waals surface area contributed by atoms with Crippen LogP contribution in [0.5, 0.6) is 0 Å². The third-order valence-electron chi connectivity index (χ3n) is 11.3. The zero-order valence-electron chi connectivity index (χ0n) is 30.0. The largest absolute Gasteiger partial charge is 0.455 e. The second-order valence-electron chi connectivity index (χ2n) is 14.5. The minimum absolute atomic E-state index is 0.312. The van der Waals surface area contributed by atoms with Crippen molar-refractivity contribution in [3.63, 3.8) is 0 Å². The van der Waals surface area contributed by atoms with Crippen LogP contribution < -0.4 is 10.6 Å².